The van der Waals surface area contributed by atoms with Gasteiger partial charge in [-0.15, -0.1) is 0 Å². The molecule has 2 bridgehead atoms. The minimum Gasteiger partial charge on any atom is -0.493 e. The summed E-state index contributed by atoms with van der Waals surface area (Å²) < 4.78 is 11.0. The molecule has 5 rings (SSSR count). The molecule has 2 aliphatic carbocycles. The SMILES string of the molecule is COc1cc(C=NN2C(=O)C3C4C=CC(C4)C3C2=O)cc(Cl)c1Oc1ccc([N+](=O)[O-])cn1. The number of benzene rings is 1. The molecular weight excluding hydrogens is 452 g/mol. The Morgan fingerprint density at radius 2 is 1.91 bits per heavy atom. The number of rotatable bonds is 6. The number of hydrogen-bond donors (Lipinski definition) is 0. The van der Waals surface area contributed by atoms with E-state index in [-0.39, 0.29) is 63.6 Å². The van der Waals surface area contributed by atoms with Crippen LogP contribution < -0.4 is 9.47 Å². The second-order valence-electron chi connectivity index (χ2n) is 7.98. The molecule has 168 valence electrons. The van der Waals surface area contributed by atoms with Gasteiger partial charge in [0.05, 0.1) is 35.1 Å². The van der Waals surface area contributed by atoms with E-state index in [1.54, 1.807) is 6.07 Å². The Balaban J connectivity index is 1.36. The van der Waals surface area contributed by atoms with Crippen molar-refractivity contribution >= 4 is 35.3 Å². The maximum absolute atomic E-state index is 12.8. The highest BCUT2D eigenvalue weighted by atomic mass is 35.5. The molecule has 0 radical (unpaired) electrons. The number of carbonyl (C=O) groups is 2. The molecule has 2 amide bonds. The van der Waals surface area contributed by atoms with Gasteiger partial charge in [-0.25, -0.2) is 4.98 Å². The number of nitro groups is 1. The number of fused-ring (bicyclic) bond motifs is 5. The van der Waals surface area contributed by atoms with Gasteiger partial charge in [-0.3, -0.25) is 19.7 Å². The van der Waals surface area contributed by atoms with Gasteiger partial charge in [0.2, 0.25) is 5.88 Å². The van der Waals surface area contributed by atoms with Crippen LogP contribution in [-0.2, 0) is 9.59 Å². The first-order chi connectivity index (χ1) is 15.9. The number of allylic oxidation sites excluding steroid dienone is 2. The molecule has 2 fully saturated rings. The first-order valence-electron chi connectivity index (χ1n) is 10.1. The molecule has 33 heavy (non-hydrogen) atoms. The number of amides is 2. The third-order valence-corrected chi connectivity index (χ3v) is 6.44. The molecule has 0 spiro atoms. The number of ether oxygens (including phenoxy) is 2. The number of aromatic nitrogens is 1. The van der Waals surface area contributed by atoms with Gasteiger partial charge in [0, 0.05) is 12.1 Å². The Kier molecular flexibility index (Phi) is 5.09. The van der Waals surface area contributed by atoms with Crippen LogP contribution in [0.2, 0.25) is 5.02 Å². The average molecular weight is 469 g/mol. The summed E-state index contributed by atoms with van der Waals surface area (Å²) in [5.74, 6) is -0.497. The molecule has 2 aromatic rings. The van der Waals surface area contributed by atoms with E-state index in [0.29, 0.717) is 5.56 Å². The number of carbonyl (C=O) groups excluding carboxylic acids is 2. The minimum absolute atomic E-state index is 0.0882. The maximum atomic E-state index is 12.8. The van der Waals surface area contributed by atoms with Crippen LogP contribution in [0.15, 0.2) is 47.7 Å². The molecule has 11 heteroatoms. The molecule has 1 aromatic carbocycles. The summed E-state index contributed by atoms with van der Waals surface area (Å²) in [7, 11) is 1.42. The summed E-state index contributed by atoms with van der Waals surface area (Å²) in [6, 6.07) is 5.70. The van der Waals surface area contributed by atoms with Gasteiger partial charge in [-0.2, -0.15) is 10.1 Å². The van der Waals surface area contributed by atoms with Crippen molar-refractivity contribution in [3.8, 4) is 17.4 Å². The first-order valence-corrected chi connectivity index (χ1v) is 10.5. The van der Waals surface area contributed by atoms with Gasteiger partial charge < -0.3 is 9.47 Å². The van der Waals surface area contributed by atoms with E-state index < -0.39 is 4.92 Å². The zero-order valence-corrected chi connectivity index (χ0v) is 18.0. The topological polar surface area (TPSA) is 124 Å². The third kappa shape index (κ3) is 3.52. The molecule has 1 saturated carbocycles. The number of halogens is 1. The van der Waals surface area contributed by atoms with E-state index in [1.807, 2.05) is 12.2 Å². The number of hydrazone groups is 1. The van der Waals surface area contributed by atoms with Gasteiger partial charge in [0.1, 0.15) is 6.20 Å². The molecule has 1 aromatic heterocycles. The third-order valence-electron chi connectivity index (χ3n) is 6.16. The van der Waals surface area contributed by atoms with Crippen LogP contribution in [0.25, 0.3) is 0 Å². The fraction of sp³-hybridized carbons (Fsp3) is 0.273. The van der Waals surface area contributed by atoms with E-state index in [2.05, 4.69) is 10.1 Å². The van der Waals surface area contributed by atoms with Gasteiger partial charge in [-0.1, -0.05) is 23.8 Å². The average Bonchev–Trinajstić information content (AvgIpc) is 3.48. The summed E-state index contributed by atoms with van der Waals surface area (Å²) in [6.07, 6.45) is 7.33. The lowest BCUT2D eigenvalue weighted by atomic mass is 9.85. The molecule has 4 atom stereocenters. The van der Waals surface area contributed by atoms with E-state index in [0.717, 1.165) is 17.6 Å². The number of imide groups is 1. The van der Waals surface area contributed by atoms with Gasteiger partial charge in [0.15, 0.2) is 11.5 Å². The Bertz CT molecular complexity index is 1200. The number of nitrogens with zero attached hydrogens (tertiary/aromatic N) is 4. The van der Waals surface area contributed by atoms with Gasteiger partial charge in [0.25, 0.3) is 17.5 Å². The van der Waals surface area contributed by atoms with E-state index >= 15 is 0 Å². The number of pyridine rings is 1. The standard InChI is InChI=1S/C22H17ClN4O6/c1-32-16-7-11(6-15(23)20(16)33-17-5-4-14(10-24-17)27(30)31)9-25-26-21(28)18-12-2-3-13(8-12)19(18)22(26)29/h2-7,9-10,12-13,18-19H,8H2,1H3. The van der Waals surface area contributed by atoms with Crippen LogP contribution in [-0.4, -0.2) is 40.1 Å². The zero-order valence-electron chi connectivity index (χ0n) is 17.3. The minimum atomic E-state index is -0.567. The number of methoxy groups -OCH3 is 1. The summed E-state index contributed by atoms with van der Waals surface area (Å²) >= 11 is 6.36. The predicted molar refractivity (Wildman–Crippen MR) is 116 cm³/mol. The van der Waals surface area contributed by atoms with Crippen LogP contribution in [0.4, 0.5) is 5.69 Å². The number of hydrogen-bond acceptors (Lipinski definition) is 8. The fourth-order valence-electron chi connectivity index (χ4n) is 4.68. The van der Waals surface area contributed by atoms with Crippen molar-refractivity contribution in [2.24, 2.45) is 28.8 Å². The summed E-state index contributed by atoms with van der Waals surface area (Å²) in [4.78, 5) is 39.6. The zero-order chi connectivity index (χ0) is 23.3. The van der Waals surface area contributed by atoms with Gasteiger partial charge >= 0.3 is 0 Å². The Morgan fingerprint density at radius 3 is 2.48 bits per heavy atom. The van der Waals surface area contributed by atoms with Crippen molar-refractivity contribution < 1.29 is 24.0 Å². The normalized spacial score (nSPS) is 25.2. The summed E-state index contributed by atoms with van der Waals surface area (Å²) in [5, 5.41) is 16.0. The first kappa shape index (κ1) is 21.1. The van der Waals surface area contributed by atoms with Crippen molar-refractivity contribution in [1.29, 1.82) is 0 Å². The van der Waals surface area contributed by atoms with Crippen LogP contribution in [0.3, 0.4) is 0 Å². The van der Waals surface area contributed by atoms with Crippen molar-refractivity contribution in [2.75, 3.05) is 7.11 Å². The van der Waals surface area contributed by atoms with E-state index in [4.69, 9.17) is 21.1 Å². The second-order valence-corrected chi connectivity index (χ2v) is 8.39. The highest BCUT2D eigenvalue weighted by Crippen LogP contribution is 2.52. The van der Waals surface area contributed by atoms with Crippen LogP contribution >= 0.6 is 11.6 Å². The monoisotopic (exact) mass is 468 g/mol. The van der Waals surface area contributed by atoms with Crippen molar-refractivity contribution in [3.63, 3.8) is 0 Å². The smallest absolute Gasteiger partial charge is 0.287 e. The lowest BCUT2D eigenvalue weighted by molar-refractivity contribution is -0.385. The summed E-state index contributed by atoms with van der Waals surface area (Å²) in [5.41, 5.74) is 0.311. The molecule has 1 aliphatic heterocycles. The molecule has 1 saturated heterocycles. The lowest BCUT2D eigenvalue weighted by Gasteiger charge is -2.13. The van der Waals surface area contributed by atoms with Crippen LogP contribution in [0, 0.1) is 33.8 Å². The Labute approximate surface area is 192 Å². The Morgan fingerprint density at radius 1 is 1.21 bits per heavy atom. The fourth-order valence-corrected chi connectivity index (χ4v) is 4.94. The molecule has 3 aliphatic rings. The predicted octanol–water partition coefficient (Wildman–Crippen LogP) is 3.59. The van der Waals surface area contributed by atoms with Crippen molar-refractivity contribution in [2.45, 2.75) is 6.42 Å². The lowest BCUT2D eigenvalue weighted by Crippen LogP contribution is -2.28. The second kappa shape index (κ2) is 7.96. The highest BCUT2D eigenvalue weighted by Gasteiger charge is 2.59. The molecule has 2 heterocycles. The Hall–Kier alpha value is -3.79. The quantitative estimate of drug-likeness (QED) is 0.208. The van der Waals surface area contributed by atoms with Gasteiger partial charge in [-0.05, 0) is 36.0 Å². The molecular formula is C22H17ClN4O6. The maximum Gasteiger partial charge on any atom is 0.287 e. The van der Waals surface area contributed by atoms with Crippen molar-refractivity contribution in [3.05, 3.63) is 63.3 Å². The highest BCUT2D eigenvalue weighted by molar-refractivity contribution is 6.32. The van der Waals surface area contributed by atoms with Crippen molar-refractivity contribution in [1.82, 2.24) is 9.99 Å². The largest absolute Gasteiger partial charge is 0.493 e. The summed E-state index contributed by atoms with van der Waals surface area (Å²) in [6.45, 7) is 0. The molecule has 10 nitrogen and oxygen atoms in total. The van der Waals surface area contributed by atoms with Crippen LogP contribution in [0.5, 0.6) is 17.4 Å². The van der Waals surface area contributed by atoms with E-state index in [1.165, 1.54) is 31.5 Å². The molecule has 4 unspecified atom stereocenters. The molecule has 0 N–H and O–H groups in total. The van der Waals surface area contributed by atoms with E-state index in [9.17, 15) is 19.7 Å². The van der Waals surface area contributed by atoms with Crippen LogP contribution in [0.1, 0.15) is 12.0 Å².